The molecule has 2 aromatic rings. The van der Waals surface area contributed by atoms with E-state index in [1.54, 1.807) is 20.2 Å². The van der Waals surface area contributed by atoms with Crippen LogP contribution in [0.5, 0.6) is 0 Å². The molecule has 0 spiro atoms. The first-order valence-corrected chi connectivity index (χ1v) is 6.92. The SMILES string of the molecule is Cc1cc(=O)n(C)cc1NC(=O)N[C@H](CO)c1ccccc1. The number of aliphatic hydroxyl groups is 1. The minimum absolute atomic E-state index is 0.138. The summed E-state index contributed by atoms with van der Waals surface area (Å²) in [5.41, 5.74) is 1.90. The molecule has 0 radical (unpaired) electrons. The Bertz CT molecular complexity index is 710. The quantitative estimate of drug-likeness (QED) is 0.801. The summed E-state index contributed by atoms with van der Waals surface area (Å²) in [4.78, 5) is 23.6. The first-order chi connectivity index (χ1) is 10.5. The molecule has 2 rings (SSSR count). The third-order valence-electron chi connectivity index (χ3n) is 3.37. The summed E-state index contributed by atoms with van der Waals surface area (Å²) in [6, 6.07) is 9.74. The number of carbonyl (C=O) groups excluding carboxylic acids is 1. The van der Waals surface area contributed by atoms with Crippen molar-refractivity contribution in [1.29, 1.82) is 0 Å². The molecule has 1 heterocycles. The van der Waals surface area contributed by atoms with E-state index in [0.29, 0.717) is 11.3 Å². The van der Waals surface area contributed by atoms with Crippen LogP contribution in [0.3, 0.4) is 0 Å². The Morgan fingerprint density at radius 2 is 2.00 bits per heavy atom. The highest BCUT2D eigenvalue weighted by molar-refractivity contribution is 5.90. The van der Waals surface area contributed by atoms with E-state index in [0.717, 1.165) is 5.56 Å². The maximum Gasteiger partial charge on any atom is 0.319 e. The average molecular weight is 301 g/mol. The number of pyridine rings is 1. The number of carbonyl (C=O) groups is 1. The lowest BCUT2D eigenvalue weighted by Gasteiger charge is -2.18. The zero-order valence-electron chi connectivity index (χ0n) is 12.5. The molecule has 0 saturated heterocycles. The molecule has 2 amide bonds. The van der Waals surface area contributed by atoms with Crippen molar-refractivity contribution >= 4 is 11.7 Å². The highest BCUT2D eigenvalue weighted by Crippen LogP contribution is 2.14. The number of anilines is 1. The Balaban J connectivity index is 2.09. The summed E-state index contributed by atoms with van der Waals surface area (Å²) in [6.07, 6.45) is 1.56. The molecule has 116 valence electrons. The number of nitrogens with one attached hydrogen (secondary N) is 2. The summed E-state index contributed by atoms with van der Waals surface area (Å²) in [6.45, 7) is 1.54. The summed E-state index contributed by atoms with van der Waals surface area (Å²) < 4.78 is 1.39. The molecular formula is C16H19N3O3. The Hall–Kier alpha value is -2.60. The van der Waals surface area contributed by atoms with Gasteiger partial charge >= 0.3 is 6.03 Å². The fourth-order valence-corrected chi connectivity index (χ4v) is 2.09. The Labute approximate surface area is 128 Å². The van der Waals surface area contributed by atoms with Crippen LogP contribution in [0.25, 0.3) is 0 Å². The number of hydrogen-bond donors (Lipinski definition) is 3. The van der Waals surface area contributed by atoms with E-state index < -0.39 is 12.1 Å². The molecule has 0 aliphatic carbocycles. The molecule has 0 bridgehead atoms. The normalized spacial score (nSPS) is 11.8. The Kier molecular flexibility index (Phi) is 4.95. The molecule has 6 heteroatoms. The van der Waals surface area contributed by atoms with Crippen molar-refractivity contribution in [3.8, 4) is 0 Å². The van der Waals surface area contributed by atoms with E-state index in [9.17, 15) is 14.7 Å². The van der Waals surface area contributed by atoms with Crippen molar-refractivity contribution in [3.05, 3.63) is 64.1 Å². The second kappa shape index (κ2) is 6.91. The summed E-state index contributed by atoms with van der Waals surface area (Å²) >= 11 is 0. The molecule has 22 heavy (non-hydrogen) atoms. The molecular weight excluding hydrogens is 282 g/mol. The number of hydrogen-bond acceptors (Lipinski definition) is 3. The smallest absolute Gasteiger partial charge is 0.319 e. The van der Waals surface area contributed by atoms with Gasteiger partial charge in [-0.15, -0.1) is 0 Å². The van der Waals surface area contributed by atoms with E-state index in [1.165, 1.54) is 10.6 Å². The van der Waals surface area contributed by atoms with Gasteiger partial charge in [-0.05, 0) is 18.1 Å². The standard InChI is InChI=1S/C16H19N3O3/c1-11-8-15(21)19(2)9-13(11)17-16(22)18-14(10-20)12-6-4-3-5-7-12/h3-9,14,20H,10H2,1-2H3,(H2,17,18,22)/t14-/m1/s1. The highest BCUT2D eigenvalue weighted by atomic mass is 16.3. The molecule has 0 fully saturated rings. The summed E-state index contributed by atoms with van der Waals surface area (Å²) in [7, 11) is 1.62. The van der Waals surface area contributed by atoms with Crippen molar-refractivity contribution in [1.82, 2.24) is 9.88 Å². The fraction of sp³-hybridized carbons (Fsp3) is 0.250. The molecule has 0 unspecified atom stereocenters. The van der Waals surface area contributed by atoms with Crippen LogP contribution in [0.4, 0.5) is 10.5 Å². The van der Waals surface area contributed by atoms with Gasteiger partial charge in [0, 0.05) is 19.3 Å². The van der Waals surface area contributed by atoms with Crippen molar-refractivity contribution in [2.75, 3.05) is 11.9 Å². The topological polar surface area (TPSA) is 83.4 Å². The zero-order chi connectivity index (χ0) is 16.1. The molecule has 1 aromatic carbocycles. The molecule has 6 nitrogen and oxygen atoms in total. The maximum absolute atomic E-state index is 12.1. The van der Waals surface area contributed by atoms with Gasteiger partial charge in [0.1, 0.15) is 0 Å². The van der Waals surface area contributed by atoms with Crippen LogP contribution in [-0.2, 0) is 7.05 Å². The average Bonchev–Trinajstić information content (AvgIpc) is 2.51. The number of urea groups is 1. The number of rotatable bonds is 4. The highest BCUT2D eigenvalue weighted by Gasteiger charge is 2.14. The molecule has 1 atom stereocenters. The Morgan fingerprint density at radius 1 is 1.32 bits per heavy atom. The third kappa shape index (κ3) is 3.73. The number of nitrogens with zero attached hydrogens (tertiary/aromatic N) is 1. The van der Waals surface area contributed by atoms with Gasteiger partial charge in [0.15, 0.2) is 0 Å². The first-order valence-electron chi connectivity index (χ1n) is 6.92. The number of aromatic nitrogens is 1. The number of amides is 2. The van der Waals surface area contributed by atoms with Crippen molar-refractivity contribution in [2.24, 2.45) is 7.05 Å². The van der Waals surface area contributed by atoms with Gasteiger partial charge in [-0.25, -0.2) is 4.79 Å². The second-order valence-electron chi connectivity index (χ2n) is 5.06. The number of aliphatic hydroxyl groups excluding tert-OH is 1. The van der Waals surface area contributed by atoms with Crippen LogP contribution >= 0.6 is 0 Å². The summed E-state index contributed by atoms with van der Waals surface area (Å²) in [5, 5.41) is 14.8. The van der Waals surface area contributed by atoms with Gasteiger partial charge in [-0.1, -0.05) is 30.3 Å². The van der Waals surface area contributed by atoms with Crippen LogP contribution in [0.1, 0.15) is 17.2 Å². The van der Waals surface area contributed by atoms with Crippen LogP contribution in [0.15, 0.2) is 47.4 Å². The minimum atomic E-state index is -0.492. The van der Waals surface area contributed by atoms with E-state index in [4.69, 9.17) is 0 Å². The van der Waals surface area contributed by atoms with Crippen LogP contribution in [-0.4, -0.2) is 22.3 Å². The lowest BCUT2D eigenvalue weighted by atomic mass is 10.1. The summed E-state index contributed by atoms with van der Waals surface area (Å²) in [5.74, 6) is 0. The molecule has 3 N–H and O–H groups in total. The van der Waals surface area contributed by atoms with Crippen LogP contribution in [0.2, 0.25) is 0 Å². The lowest BCUT2D eigenvalue weighted by Crippen LogP contribution is -2.35. The van der Waals surface area contributed by atoms with E-state index >= 15 is 0 Å². The van der Waals surface area contributed by atoms with E-state index in [2.05, 4.69) is 10.6 Å². The van der Waals surface area contributed by atoms with Gasteiger partial charge in [-0.3, -0.25) is 4.79 Å². The van der Waals surface area contributed by atoms with Crippen LogP contribution < -0.4 is 16.2 Å². The fourth-order valence-electron chi connectivity index (χ4n) is 2.09. The van der Waals surface area contributed by atoms with Crippen molar-refractivity contribution < 1.29 is 9.90 Å². The molecule has 1 aromatic heterocycles. The van der Waals surface area contributed by atoms with Gasteiger partial charge in [0.05, 0.1) is 18.3 Å². The number of aryl methyl sites for hydroxylation is 2. The third-order valence-corrected chi connectivity index (χ3v) is 3.37. The second-order valence-corrected chi connectivity index (χ2v) is 5.06. The minimum Gasteiger partial charge on any atom is -0.394 e. The zero-order valence-corrected chi connectivity index (χ0v) is 12.5. The molecule has 0 aliphatic rings. The predicted molar refractivity (Wildman–Crippen MR) is 84.8 cm³/mol. The Morgan fingerprint density at radius 3 is 2.64 bits per heavy atom. The number of benzene rings is 1. The molecule has 0 aliphatic heterocycles. The monoisotopic (exact) mass is 301 g/mol. The predicted octanol–water partition coefficient (Wildman–Crippen LogP) is 1.55. The van der Waals surface area contributed by atoms with Gasteiger partial charge in [-0.2, -0.15) is 0 Å². The van der Waals surface area contributed by atoms with Gasteiger partial charge in [0.25, 0.3) is 5.56 Å². The van der Waals surface area contributed by atoms with Gasteiger partial charge < -0.3 is 20.3 Å². The van der Waals surface area contributed by atoms with E-state index in [1.807, 2.05) is 30.3 Å². The molecule has 0 saturated carbocycles. The lowest BCUT2D eigenvalue weighted by molar-refractivity contribution is 0.225. The van der Waals surface area contributed by atoms with Crippen molar-refractivity contribution in [3.63, 3.8) is 0 Å². The first kappa shape index (κ1) is 15.8. The maximum atomic E-state index is 12.1. The van der Waals surface area contributed by atoms with Crippen molar-refractivity contribution in [2.45, 2.75) is 13.0 Å². The van der Waals surface area contributed by atoms with Gasteiger partial charge in [0.2, 0.25) is 0 Å². The van der Waals surface area contributed by atoms with E-state index in [-0.39, 0.29) is 12.2 Å². The van der Waals surface area contributed by atoms with Crippen LogP contribution in [0, 0.1) is 6.92 Å². The largest absolute Gasteiger partial charge is 0.394 e.